The van der Waals surface area contributed by atoms with Gasteiger partial charge in [-0.3, -0.25) is 9.59 Å². The van der Waals surface area contributed by atoms with Gasteiger partial charge in [0.15, 0.2) is 0 Å². The van der Waals surface area contributed by atoms with Gasteiger partial charge in [0.05, 0.1) is 11.8 Å². The van der Waals surface area contributed by atoms with E-state index in [0.29, 0.717) is 18.7 Å². The van der Waals surface area contributed by atoms with Gasteiger partial charge in [0.2, 0.25) is 0 Å². The number of nitrogens with zero attached hydrogens (tertiary/aromatic N) is 2. The van der Waals surface area contributed by atoms with Gasteiger partial charge in [-0.2, -0.15) is 9.78 Å². The van der Waals surface area contributed by atoms with Gasteiger partial charge in [-0.1, -0.05) is 32.0 Å². The third-order valence-corrected chi connectivity index (χ3v) is 3.53. The van der Waals surface area contributed by atoms with Crippen LogP contribution in [-0.4, -0.2) is 33.4 Å². The second kappa shape index (κ2) is 7.69. The van der Waals surface area contributed by atoms with Crippen LogP contribution in [0.4, 0.5) is 0 Å². The molecule has 23 heavy (non-hydrogen) atoms. The quantitative estimate of drug-likeness (QED) is 0.843. The van der Waals surface area contributed by atoms with Crippen LogP contribution in [0.5, 0.6) is 0 Å². The second-order valence-electron chi connectivity index (χ2n) is 5.66. The molecule has 0 saturated heterocycles. The minimum atomic E-state index is -0.457. The van der Waals surface area contributed by atoms with Crippen LogP contribution in [0.15, 0.2) is 47.3 Å². The summed E-state index contributed by atoms with van der Waals surface area (Å²) in [7, 11) is 0. The van der Waals surface area contributed by atoms with Crippen LogP contribution in [0.1, 0.15) is 30.8 Å². The van der Waals surface area contributed by atoms with Gasteiger partial charge in [-0.15, -0.1) is 0 Å². The van der Waals surface area contributed by atoms with Crippen LogP contribution in [0.2, 0.25) is 0 Å². The Hall–Kier alpha value is -2.47. The molecule has 1 amide bonds. The number of aliphatic hydroxyl groups excluding tert-OH is 1. The van der Waals surface area contributed by atoms with Crippen molar-refractivity contribution in [2.75, 3.05) is 6.54 Å². The molecule has 2 aromatic rings. The van der Waals surface area contributed by atoms with Crippen LogP contribution in [0, 0.1) is 5.92 Å². The lowest BCUT2D eigenvalue weighted by Gasteiger charge is -2.14. The molecule has 1 heterocycles. The molecule has 0 spiro atoms. The summed E-state index contributed by atoms with van der Waals surface area (Å²) in [5, 5.41) is 16.5. The number of nitrogens with one attached hydrogen (secondary N) is 1. The van der Waals surface area contributed by atoms with E-state index in [1.165, 1.54) is 16.8 Å². The number of aromatic nitrogens is 2. The zero-order chi connectivity index (χ0) is 16.8. The van der Waals surface area contributed by atoms with Crippen molar-refractivity contribution < 1.29 is 9.90 Å². The minimum absolute atomic E-state index is 0.144. The van der Waals surface area contributed by atoms with Crippen molar-refractivity contribution in [3.8, 4) is 5.69 Å². The fraction of sp³-hybridized carbons (Fsp3) is 0.353. The Morgan fingerprint density at radius 2 is 1.91 bits per heavy atom. The van der Waals surface area contributed by atoms with Gasteiger partial charge in [0, 0.05) is 12.6 Å². The third kappa shape index (κ3) is 4.50. The SMILES string of the molecule is CC(C)C(O)CCNC(=O)c1ccc(=O)n(-c2ccccc2)n1. The van der Waals surface area contributed by atoms with Gasteiger partial charge >= 0.3 is 0 Å². The van der Waals surface area contributed by atoms with E-state index in [9.17, 15) is 14.7 Å². The molecular weight excluding hydrogens is 294 g/mol. The number of benzene rings is 1. The third-order valence-electron chi connectivity index (χ3n) is 3.53. The molecule has 1 atom stereocenters. The average Bonchev–Trinajstić information content (AvgIpc) is 2.55. The molecule has 1 aromatic carbocycles. The highest BCUT2D eigenvalue weighted by Crippen LogP contribution is 2.05. The normalized spacial score (nSPS) is 12.2. The molecule has 122 valence electrons. The lowest BCUT2D eigenvalue weighted by Crippen LogP contribution is -2.31. The van der Waals surface area contributed by atoms with Crippen molar-refractivity contribution >= 4 is 5.91 Å². The van der Waals surface area contributed by atoms with E-state index in [4.69, 9.17) is 0 Å². The van der Waals surface area contributed by atoms with Crippen molar-refractivity contribution in [1.29, 1.82) is 0 Å². The summed E-state index contributed by atoms with van der Waals surface area (Å²) in [6, 6.07) is 11.6. The predicted molar refractivity (Wildman–Crippen MR) is 87.6 cm³/mol. The molecule has 0 fully saturated rings. The molecule has 2 rings (SSSR count). The van der Waals surface area contributed by atoms with Gasteiger partial charge in [0.25, 0.3) is 11.5 Å². The number of carbonyl (C=O) groups is 1. The van der Waals surface area contributed by atoms with E-state index in [2.05, 4.69) is 10.4 Å². The molecule has 6 heteroatoms. The van der Waals surface area contributed by atoms with Crippen LogP contribution in [-0.2, 0) is 0 Å². The highest BCUT2D eigenvalue weighted by atomic mass is 16.3. The molecule has 6 nitrogen and oxygen atoms in total. The van der Waals surface area contributed by atoms with Crippen molar-refractivity contribution in [2.24, 2.45) is 5.92 Å². The van der Waals surface area contributed by atoms with E-state index in [-0.39, 0.29) is 23.1 Å². The number of amides is 1. The zero-order valence-corrected chi connectivity index (χ0v) is 13.3. The largest absolute Gasteiger partial charge is 0.393 e. The standard InChI is InChI=1S/C17H21N3O3/c1-12(2)15(21)10-11-18-17(23)14-8-9-16(22)20(19-14)13-6-4-3-5-7-13/h3-9,12,15,21H,10-11H2,1-2H3,(H,18,23). The Morgan fingerprint density at radius 1 is 1.22 bits per heavy atom. The molecule has 2 N–H and O–H groups in total. The summed E-state index contributed by atoms with van der Waals surface area (Å²) in [5.74, 6) is -0.226. The van der Waals surface area contributed by atoms with E-state index in [1.54, 1.807) is 24.3 Å². The van der Waals surface area contributed by atoms with E-state index in [1.807, 2.05) is 19.9 Å². The highest BCUT2D eigenvalue weighted by Gasteiger charge is 2.12. The summed E-state index contributed by atoms with van der Waals surface area (Å²) in [4.78, 5) is 24.0. The Labute approximate surface area is 134 Å². The fourth-order valence-electron chi connectivity index (χ4n) is 2.04. The molecule has 0 bridgehead atoms. The van der Waals surface area contributed by atoms with Crippen molar-refractivity contribution in [3.05, 3.63) is 58.5 Å². The first-order chi connectivity index (χ1) is 11.0. The fourth-order valence-corrected chi connectivity index (χ4v) is 2.04. The summed E-state index contributed by atoms with van der Waals surface area (Å²) in [6.07, 6.45) is 0.0170. The van der Waals surface area contributed by atoms with Gasteiger partial charge in [-0.05, 0) is 30.5 Å². The van der Waals surface area contributed by atoms with E-state index in [0.717, 1.165) is 0 Å². The molecule has 1 unspecified atom stereocenters. The van der Waals surface area contributed by atoms with E-state index < -0.39 is 6.10 Å². The smallest absolute Gasteiger partial charge is 0.271 e. The Balaban J connectivity index is 2.09. The molecule has 1 aromatic heterocycles. The van der Waals surface area contributed by atoms with Gasteiger partial charge < -0.3 is 10.4 Å². The molecule has 0 saturated carbocycles. The summed E-state index contributed by atoms with van der Waals surface area (Å²) in [6.45, 7) is 4.19. The topological polar surface area (TPSA) is 84.2 Å². The molecule has 0 radical (unpaired) electrons. The molecule has 0 aliphatic heterocycles. The average molecular weight is 315 g/mol. The van der Waals surface area contributed by atoms with Crippen LogP contribution in [0.25, 0.3) is 5.69 Å². The van der Waals surface area contributed by atoms with Crippen molar-refractivity contribution in [3.63, 3.8) is 0 Å². The van der Waals surface area contributed by atoms with Gasteiger partial charge in [-0.25, -0.2) is 0 Å². The first-order valence-electron chi connectivity index (χ1n) is 7.61. The summed E-state index contributed by atoms with van der Waals surface area (Å²) >= 11 is 0. The lowest BCUT2D eigenvalue weighted by molar-refractivity contribution is 0.0914. The summed E-state index contributed by atoms with van der Waals surface area (Å²) in [5.41, 5.74) is 0.456. The maximum Gasteiger partial charge on any atom is 0.271 e. The van der Waals surface area contributed by atoms with Crippen molar-refractivity contribution in [2.45, 2.75) is 26.4 Å². The number of para-hydroxylation sites is 1. The maximum atomic E-state index is 12.1. The summed E-state index contributed by atoms with van der Waals surface area (Å²) < 4.78 is 1.19. The monoisotopic (exact) mass is 315 g/mol. The highest BCUT2D eigenvalue weighted by molar-refractivity contribution is 5.92. The van der Waals surface area contributed by atoms with Crippen molar-refractivity contribution in [1.82, 2.24) is 15.1 Å². The predicted octanol–water partition coefficient (Wildman–Crippen LogP) is 1.37. The maximum absolute atomic E-state index is 12.1. The van der Waals surface area contributed by atoms with E-state index >= 15 is 0 Å². The second-order valence-corrected chi connectivity index (χ2v) is 5.66. The first kappa shape index (κ1) is 16.9. The number of aliphatic hydroxyl groups is 1. The Bertz CT molecular complexity index is 711. The van der Waals surface area contributed by atoms with Gasteiger partial charge in [0.1, 0.15) is 5.69 Å². The Kier molecular flexibility index (Phi) is 5.65. The van der Waals surface area contributed by atoms with Crippen LogP contribution < -0.4 is 10.9 Å². The van der Waals surface area contributed by atoms with Crippen LogP contribution >= 0.6 is 0 Å². The molecular formula is C17H21N3O3. The molecule has 0 aliphatic rings. The molecule has 0 aliphatic carbocycles. The number of carbonyl (C=O) groups excluding carboxylic acids is 1. The Morgan fingerprint density at radius 3 is 2.57 bits per heavy atom. The minimum Gasteiger partial charge on any atom is -0.393 e. The number of rotatable bonds is 6. The first-order valence-corrected chi connectivity index (χ1v) is 7.61. The van der Waals surface area contributed by atoms with Crippen LogP contribution in [0.3, 0.4) is 0 Å². The number of hydrogen-bond donors (Lipinski definition) is 2. The number of hydrogen-bond acceptors (Lipinski definition) is 4. The lowest BCUT2D eigenvalue weighted by atomic mass is 10.0. The zero-order valence-electron chi connectivity index (χ0n) is 13.3.